The molecule has 7 heteroatoms. The van der Waals surface area contributed by atoms with E-state index in [9.17, 15) is 23.3 Å². The highest BCUT2D eigenvalue weighted by Crippen LogP contribution is 2.35. The summed E-state index contributed by atoms with van der Waals surface area (Å²) in [6, 6.07) is 2.18. The Morgan fingerprint density at radius 3 is 2.47 bits per heavy atom. The first-order valence-electron chi connectivity index (χ1n) is 4.73. The molecule has 0 aromatic heterocycles. The van der Waals surface area contributed by atoms with E-state index in [-0.39, 0.29) is 5.56 Å². The molecule has 1 unspecified atom stereocenters. The number of nitro groups is 1. The number of aliphatic hydroxyl groups excluding tert-OH is 1. The molecular formula is C10H10F3NO3. The number of nitro benzene ring substituents is 1. The number of rotatable bonds is 3. The zero-order chi connectivity index (χ0) is 13.2. The fraction of sp³-hybridized carbons (Fsp3) is 0.400. The zero-order valence-corrected chi connectivity index (χ0v) is 8.86. The highest BCUT2D eigenvalue weighted by atomic mass is 19.4. The van der Waals surface area contributed by atoms with Crippen molar-refractivity contribution in [2.45, 2.75) is 19.0 Å². The van der Waals surface area contributed by atoms with Gasteiger partial charge in [0.1, 0.15) is 0 Å². The van der Waals surface area contributed by atoms with Gasteiger partial charge in [0.2, 0.25) is 0 Å². The van der Waals surface area contributed by atoms with E-state index < -0.39 is 34.9 Å². The lowest BCUT2D eigenvalue weighted by atomic mass is 9.97. The SMILES string of the molecule is CC(CO)c1cc(C(F)(F)F)ccc1[N+](=O)[O-]. The molecule has 17 heavy (non-hydrogen) atoms. The Morgan fingerprint density at radius 1 is 1.47 bits per heavy atom. The maximum atomic E-state index is 12.4. The van der Waals surface area contributed by atoms with Gasteiger partial charge in [-0.1, -0.05) is 6.92 Å². The number of hydrogen-bond donors (Lipinski definition) is 1. The van der Waals surface area contributed by atoms with Crippen LogP contribution in [-0.2, 0) is 6.18 Å². The minimum absolute atomic E-state index is 0.118. The van der Waals surface area contributed by atoms with Crippen LogP contribution in [0.3, 0.4) is 0 Å². The van der Waals surface area contributed by atoms with Gasteiger partial charge in [0.25, 0.3) is 5.69 Å². The third-order valence-corrected chi connectivity index (χ3v) is 2.36. The summed E-state index contributed by atoms with van der Waals surface area (Å²) in [4.78, 5) is 9.88. The maximum Gasteiger partial charge on any atom is 0.416 e. The quantitative estimate of drug-likeness (QED) is 0.661. The summed E-state index contributed by atoms with van der Waals surface area (Å²) in [5, 5.41) is 19.5. The van der Waals surface area contributed by atoms with Crippen molar-refractivity contribution < 1.29 is 23.2 Å². The number of nitrogens with zero attached hydrogens (tertiary/aromatic N) is 1. The molecule has 1 aromatic rings. The summed E-state index contributed by atoms with van der Waals surface area (Å²) in [6.45, 7) is 0.963. The molecule has 0 saturated heterocycles. The lowest BCUT2D eigenvalue weighted by Gasteiger charge is -2.12. The molecule has 1 aromatic carbocycles. The number of halogens is 3. The number of aliphatic hydroxyl groups is 1. The Kier molecular flexibility index (Phi) is 3.72. The number of hydrogen-bond acceptors (Lipinski definition) is 3. The Morgan fingerprint density at radius 2 is 2.06 bits per heavy atom. The number of alkyl halides is 3. The molecule has 0 saturated carbocycles. The summed E-state index contributed by atoms with van der Waals surface area (Å²) < 4.78 is 37.3. The highest BCUT2D eigenvalue weighted by Gasteiger charge is 2.33. The topological polar surface area (TPSA) is 63.4 Å². The van der Waals surface area contributed by atoms with Crippen LogP contribution in [0.1, 0.15) is 24.0 Å². The summed E-state index contributed by atoms with van der Waals surface area (Å²) in [5.74, 6) is -0.724. The van der Waals surface area contributed by atoms with Gasteiger partial charge in [-0.15, -0.1) is 0 Å². The Hall–Kier alpha value is -1.63. The minimum Gasteiger partial charge on any atom is -0.396 e. The van der Waals surface area contributed by atoms with E-state index in [4.69, 9.17) is 5.11 Å². The van der Waals surface area contributed by atoms with Crippen molar-refractivity contribution in [3.05, 3.63) is 39.4 Å². The predicted octanol–water partition coefficient (Wildman–Crippen LogP) is 2.71. The average Bonchev–Trinajstić information content (AvgIpc) is 2.25. The van der Waals surface area contributed by atoms with Gasteiger partial charge in [0, 0.05) is 24.2 Å². The first-order valence-corrected chi connectivity index (χ1v) is 4.73. The molecular weight excluding hydrogens is 239 g/mol. The molecule has 1 rings (SSSR count). The van der Waals surface area contributed by atoms with Crippen LogP contribution in [0.5, 0.6) is 0 Å². The van der Waals surface area contributed by atoms with E-state index in [1.807, 2.05) is 0 Å². The van der Waals surface area contributed by atoms with E-state index in [1.54, 1.807) is 0 Å². The summed E-state index contributed by atoms with van der Waals surface area (Å²) in [6.07, 6.45) is -4.56. The van der Waals surface area contributed by atoms with Gasteiger partial charge in [-0.2, -0.15) is 13.2 Å². The molecule has 1 atom stereocenters. The van der Waals surface area contributed by atoms with Gasteiger partial charge in [-0.05, 0) is 12.1 Å². The van der Waals surface area contributed by atoms with Crippen molar-refractivity contribution in [3.8, 4) is 0 Å². The Balaban J connectivity index is 3.34. The predicted molar refractivity (Wildman–Crippen MR) is 53.6 cm³/mol. The molecule has 0 spiro atoms. The largest absolute Gasteiger partial charge is 0.416 e. The van der Waals surface area contributed by atoms with Crippen LogP contribution >= 0.6 is 0 Å². The maximum absolute atomic E-state index is 12.4. The molecule has 0 amide bonds. The lowest BCUT2D eigenvalue weighted by molar-refractivity contribution is -0.385. The minimum atomic E-state index is -4.56. The van der Waals surface area contributed by atoms with Crippen molar-refractivity contribution in [2.75, 3.05) is 6.61 Å². The van der Waals surface area contributed by atoms with E-state index in [0.29, 0.717) is 12.1 Å². The van der Waals surface area contributed by atoms with E-state index >= 15 is 0 Å². The highest BCUT2D eigenvalue weighted by molar-refractivity contribution is 5.45. The van der Waals surface area contributed by atoms with E-state index in [2.05, 4.69) is 0 Å². The zero-order valence-electron chi connectivity index (χ0n) is 8.86. The van der Waals surface area contributed by atoms with Crippen LogP contribution in [0.15, 0.2) is 18.2 Å². The van der Waals surface area contributed by atoms with Crippen LogP contribution in [0.4, 0.5) is 18.9 Å². The molecule has 0 fully saturated rings. The molecule has 0 aliphatic heterocycles. The monoisotopic (exact) mass is 249 g/mol. The Bertz CT molecular complexity index is 431. The van der Waals surface area contributed by atoms with E-state index in [0.717, 1.165) is 6.07 Å². The molecule has 0 heterocycles. The standard InChI is InChI=1S/C10H10F3NO3/c1-6(5-15)8-4-7(10(11,12)13)2-3-9(8)14(16)17/h2-4,6,15H,5H2,1H3. The normalized spacial score (nSPS) is 13.5. The van der Waals surface area contributed by atoms with Crippen molar-refractivity contribution in [3.63, 3.8) is 0 Å². The van der Waals surface area contributed by atoms with Gasteiger partial charge in [-0.3, -0.25) is 10.1 Å². The summed E-state index contributed by atoms with van der Waals surface area (Å²) >= 11 is 0. The second-order valence-electron chi connectivity index (χ2n) is 3.61. The van der Waals surface area contributed by atoms with Gasteiger partial charge >= 0.3 is 6.18 Å². The third kappa shape index (κ3) is 2.94. The van der Waals surface area contributed by atoms with Crippen LogP contribution in [0.2, 0.25) is 0 Å². The van der Waals surface area contributed by atoms with Crippen molar-refractivity contribution in [2.24, 2.45) is 0 Å². The molecule has 0 bridgehead atoms. The smallest absolute Gasteiger partial charge is 0.396 e. The fourth-order valence-corrected chi connectivity index (χ4v) is 1.39. The molecule has 0 aliphatic rings. The van der Waals surface area contributed by atoms with Crippen molar-refractivity contribution >= 4 is 5.69 Å². The second kappa shape index (κ2) is 4.70. The van der Waals surface area contributed by atoms with Crippen LogP contribution in [0.25, 0.3) is 0 Å². The van der Waals surface area contributed by atoms with Crippen LogP contribution < -0.4 is 0 Å². The molecule has 4 nitrogen and oxygen atoms in total. The summed E-state index contributed by atoms with van der Waals surface area (Å²) in [7, 11) is 0. The van der Waals surface area contributed by atoms with E-state index in [1.165, 1.54) is 6.92 Å². The van der Waals surface area contributed by atoms with Crippen molar-refractivity contribution in [1.82, 2.24) is 0 Å². The van der Waals surface area contributed by atoms with Gasteiger partial charge in [0.05, 0.1) is 10.5 Å². The van der Waals surface area contributed by atoms with Gasteiger partial charge in [-0.25, -0.2) is 0 Å². The molecule has 1 N–H and O–H groups in total. The lowest BCUT2D eigenvalue weighted by Crippen LogP contribution is -2.09. The molecule has 94 valence electrons. The Labute approximate surface area is 94.8 Å². The number of benzene rings is 1. The van der Waals surface area contributed by atoms with Gasteiger partial charge in [0.15, 0.2) is 0 Å². The van der Waals surface area contributed by atoms with Crippen LogP contribution in [-0.4, -0.2) is 16.6 Å². The fourth-order valence-electron chi connectivity index (χ4n) is 1.39. The average molecular weight is 249 g/mol. The third-order valence-electron chi connectivity index (χ3n) is 2.36. The first-order chi connectivity index (χ1) is 7.77. The first kappa shape index (κ1) is 13.4. The second-order valence-corrected chi connectivity index (χ2v) is 3.61. The summed E-state index contributed by atoms with van der Waals surface area (Å²) in [5.41, 5.74) is -1.50. The molecule has 0 radical (unpaired) electrons. The van der Waals surface area contributed by atoms with Gasteiger partial charge < -0.3 is 5.11 Å². The molecule has 0 aliphatic carbocycles. The van der Waals surface area contributed by atoms with Crippen LogP contribution in [0, 0.1) is 10.1 Å². The van der Waals surface area contributed by atoms with Crippen molar-refractivity contribution in [1.29, 1.82) is 0 Å².